The molecule has 1 saturated heterocycles. The first-order valence-electron chi connectivity index (χ1n) is 5.55. The summed E-state index contributed by atoms with van der Waals surface area (Å²) < 4.78 is 5.34. The molecule has 0 atom stereocenters. The van der Waals surface area contributed by atoms with Gasteiger partial charge < -0.3 is 10.1 Å². The maximum absolute atomic E-state index is 6.21. The SMILES string of the molecule is COc1cccc(Cl)c1CN1CCNCC1. The van der Waals surface area contributed by atoms with Crippen LogP contribution in [0.1, 0.15) is 5.56 Å². The molecular weight excluding hydrogens is 224 g/mol. The van der Waals surface area contributed by atoms with Crippen LogP contribution in [0, 0.1) is 0 Å². The molecule has 0 aliphatic carbocycles. The molecule has 4 heteroatoms. The second-order valence-corrected chi connectivity index (χ2v) is 4.35. The first-order valence-corrected chi connectivity index (χ1v) is 5.93. The van der Waals surface area contributed by atoms with E-state index in [-0.39, 0.29) is 0 Å². The zero-order valence-corrected chi connectivity index (χ0v) is 10.3. The van der Waals surface area contributed by atoms with E-state index >= 15 is 0 Å². The van der Waals surface area contributed by atoms with Gasteiger partial charge in [0.05, 0.1) is 7.11 Å². The first kappa shape index (κ1) is 11.7. The van der Waals surface area contributed by atoms with Gasteiger partial charge in [-0.25, -0.2) is 0 Å². The second-order valence-electron chi connectivity index (χ2n) is 3.95. The van der Waals surface area contributed by atoms with E-state index in [0.717, 1.165) is 49.1 Å². The lowest BCUT2D eigenvalue weighted by molar-refractivity contribution is 0.230. The fourth-order valence-corrected chi connectivity index (χ4v) is 2.20. The summed E-state index contributed by atoms with van der Waals surface area (Å²) in [6.45, 7) is 5.09. The predicted octanol–water partition coefficient (Wildman–Crippen LogP) is 1.75. The summed E-state index contributed by atoms with van der Waals surface area (Å²) in [4.78, 5) is 2.39. The van der Waals surface area contributed by atoms with Gasteiger partial charge in [-0.2, -0.15) is 0 Å². The number of hydrogen-bond acceptors (Lipinski definition) is 3. The second kappa shape index (κ2) is 5.53. The third kappa shape index (κ3) is 2.67. The Morgan fingerprint density at radius 1 is 1.38 bits per heavy atom. The van der Waals surface area contributed by atoms with E-state index in [0.29, 0.717) is 0 Å². The molecule has 1 aromatic carbocycles. The molecule has 1 heterocycles. The summed E-state index contributed by atoms with van der Waals surface area (Å²) in [6.07, 6.45) is 0. The number of methoxy groups -OCH3 is 1. The molecule has 1 aliphatic rings. The van der Waals surface area contributed by atoms with Crippen LogP contribution in [0.2, 0.25) is 5.02 Å². The summed E-state index contributed by atoms with van der Waals surface area (Å²) in [5.41, 5.74) is 1.09. The van der Waals surface area contributed by atoms with Gasteiger partial charge in [-0.15, -0.1) is 0 Å². The van der Waals surface area contributed by atoms with Crippen LogP contribution in [0.3, 0.4) is 0 Å². The van der Waals surface area contributed by atoms with Crippen molar-refractivity contribution in [2.75, 3.05) is 33.3 Å². The van der Waals surface area contributed by atoms with Crippen molar-refractivity contribution in [2.45, 2.75) is 6.54 Å². The molecule has 0 radical (unpaired) electrons. The van der Waals surface area contributed by atoms with Crippen molar-refractivity contribution in [2.24, 2.45) is 0 Å². The van der Waals surface area contributed by atoms with Gasteiger partial charge in [0.15, 0.2) is 0 Å². The highest BCUT2D eigenvalue weighted by Gasteiger charge is 2.14. The van der Waals surface area contributed by atoms with Gasteiger partial charge in [0.1, 0.15) is 5.75 Å². The van der Waals surface area contributed by atoms with Crippen LogP contribution in [-0.4, -0.2) is 38.2 Å². The third-order valence-corrected chi connectivity index (χ3v) is 3.24. The van der Waals surface area contributed by atoms with Crippen LogP contribution in [0.15, 0.2) is 18.2 Å². The van der Waals surface area contributed by atoms with Crippen molar-refractivity contribution in [3.8, 4) is 5.75 Å². The van der Waals surface area contributed by atoms with Crippen LogP contribution >= 0.6 is 11.6 Å². The molecule has 0 spiro atoms. The van der Waals surface area contributed by atoms with Gasteiger partial charge in [-0.3, -0.25) is 4.90 Å². The van der Waals surface area contributed by atoms with Gasteiger partial charge in [-0.05, 0) is 12.1 Å². The standard InChI is InChI=1S/C12H17ClN2O/c1-16-12-4-2-3-11(13)10(12)9-15-7-5-14-6-8-15/h2-4,14H,5-9H2,1H3. The van der Waals surface area contributed by atoms with Crippen molar-refractivity contribution < 1.29 is 4.74 Å². The van der Waals surface area contributed by atoms with E-state index in [9.17, 15) is 0 Å². The van der Waals surface area contributed by atoms with Crippen LogP contribution in [-0.2, 0) is 6.54 Å². The monoisotopic (exact) mass is 240 g/mol. The van der Waals surface area contributed by atoms with Gasteiger partial charge in [-0.1, -0.05) is 17.7 Å². The minimum atomic E-state index is 0.790. The number of nitrogens with one attached hydrogen (secondary N) is 1. The quantitative estimate of drug-likeness (QED) is 0.872. The molecule has 0 aromatic heterocycles. The molecule has 0 unspecified atom stereocenters. The average Bonchev–Trinajstić information content (AvgIpc) is 2.33. The maximum Gasteiger partial charge on any atom is 0.124 e. The maximum atomic E-state index is 6.21. The highest BCUT2D eigenvalue weighted by Crippen LogP contribution is 2.27. The van der Waals surface area contributed by atoms with Crippen molar-refractivity contribution in [1.82, 2.24) is 10.2 Å². The molecule has 3 nitrogen and oxygen atoms in total. The summed E-state index contributed by atoms with van der Waals surface area (Å²) in [5.74, 6) is 0.881. The lowest BCUT2D eigenvalue weighted by atomic mass is 10.1. The van der Waals surface area contributed by atoms with E-state index in [1.54, 1.807) is 7.11 Å². The van der Waals surface area contributed by atoms with Crippen LogP contribution in [0.5, 0.6) is 5.75 Å². The lowest BCUT2D eigenvalue weighted by Gasteiger charge is -2.28. The van der Waals surface area contributed by atoms with Crippen molar-refractivity contribution in [1.29, 1.82) is 0 Å². The molecule has 16 heavy (non-hydrogen) atoms. The number of piperazine rings is 1. The largest absolute Gasteiger partial charge is 0.496 e. The van der Waals surface area contributed by atoms with E-state index < -0.39 is 0 Å². The van der Waals surface area contributed by atoms with Gasteiger partial charge in [0.25, 0.3) is 0 Å². The zero-order valence-electron chi connectivity index (χ0n) is 9.50. The molecule has 0 bridgehead atoms. The van der Waals surface area contributed by atoms with Gasteiger partial charge >= 0.3 is 0 Å². The van der Waals surface area contributed by atoms with Crippen molar-refractivity contribution >= 4 is 11.6 Å². The topological polar surface area (TPSA) is 24.5 Å². The zero-order chi connectivity index (χ0) is 11.4. The van der Waals surface area contributed by atoms with Gasteiger partial charge in [0, 0.05) is 43.3 Å². The van der Waals surface area contributed by atoms with Crippen molar-refractivity contribution in [3.63, 3.8) is 0 Å². The van der Waals surface area contributed by atoms with Crippen LogP contribution in [0.4, 0.5) is 0 Å². The highest BCUT2D eigenvalue weighted by atomic mass is 35.5. The molecule has 0 amide bonds. The summed E-state index contributed by atoms with van der Waals surface area (Å²) in [5, 5.41) is 4.13. The van der Waals surface area contributed by atoms with E-state index in [4.69, 9.17) is 16.3 Å². The predicted molar refractivity (Wildman–Crippen MR) is 66.2 cm³/mol. The Bertz CT molecular complexity index is 351. The van der Waals surface area contributed by atoms with E-state index in [1.165, 1.54) is 0 Å². The van der Waals surface area contributed by atoms with Crippen molar-refractivity contribution in [3.05, 3.63) is 28.8 Å². The summed E-state index contributed by atoms with van der Waals surface area (Å²) >= 11 is 6.21. The molecule has 1 N–H and O–H groups in total. The number of nitrogens with zero attached hydrogens (tertiary/aromatic N) is 1. The molecule has 88 valence electrons. The fourth-order valence-electron chi connectivity index (χ4n) is 1.98. The number of rotatable bonds is 3. The number of halogens is 1. The summed E-state index contributed by atoms with van der Waals surface area (Å²) in [7, 11) is 1.69. The molecule has 1 aliphatic heterocycles. The molecular formula is C12H17ClN2O. The minimum absolute atomic E-state index is 0.790. The number of benzene rings is 1. The minimum Gasteiger partial charge on any atom is -0.496 e. The number of ether oxygens (including phenoxy) is 1. The summed E-state index contributed by atoms with van der Waals surface area (Å²) in [6, 6.07) is 5.80. The van der Waals surface area contributed by atoms with E-state index in [1.807, 2.05) is 18.2 Å². The number of hydrogen-bond donors (Lipinski definition) is 1. The molecule has 1 fully saturated rings. The van der Waals surface area contributed by atoms with Crippen LogP contribution < -0.4 is 10.1 Å². The average molecular weight is 241 g/mol. The van der Waals surface area contributed by atoms with Gasteiger partial charge in [0.2, 0.25) is 0 Å². The van der Waals surface area contributed by atoms with Crippen LogP contribution in [0.25, 0.3) is 0 Å². The first-order chi connectivity index (χ1) is 7.81. The Balaban J connectivity index is 2.12. The van der Waals surface area contributed by atoms with E-state index in [2.05, 4.69) is 10.2 Å². The smallest absolute Gasteiger partial charge is 0.124 e. The Kier molecular flexibility index (Phi) is 4.04. The Morgan fingerprint density at radius 2 is 2.12 bits per heavy atom. The fraction of sp³-hybridized carbons (Fsp3) is 0.500. The molecule has 0 saturated carbocycles. The molecule has 2 rings (SSSR count). The molecule has 1 aromatic rings. The third-order valence-electron chi connectivity index (χ3n) is 2.89. The Hall–Kier alpha value is -0.770. The Morgan fingerprint density at radius 3 is 2.81 bits per heavy atom. The Labute approximate surface area is 101 Å². The normalized spacial score (nSPS) is 17.4. The highest BCUT2D eigenvalue weighted by molar-refractivity contribution is 6.31. The lowest BCUT2D eigenvalue weighted by Crippen LogP contribution is -2.42.